The molecule has 0 saturated carbocycles. The Hall–Kier alpha value is -2.75. The third-order valence-corrected chi connectivity index (χ3v) is 2.72. The van der Waals surface area contributed by atoms with E-state index in [1.807, 2.05) is 36.4 Å². The van der Waals surface area contributed by atoms with E-state index >= 15 is 0 Å². The quantitative estimate of drug-likeness (QED) is 0.664. The smallest absolute Gasteiger partial charge is 0.244 e. The fraction of sp³-hybridized carbons (Fsp3) is 0.0588. The molecule has 0 aromatic heterocycles. The van der Waals surface area contributed by atoms with Gasteiger partial charge in [0.1, 0.15) is 5.82 Å². The second-order valence-electron chi connectivity index (χ2n) is 4.39. The Labute approximate surface area is 122 Å². The lowest BCUT2D eigenvalue weighted by molar-refractivity contribution is -0.120. The summed E-state index contributed by atoms with van der Waals surface area (Å²) in [5.74, 6) is -0.561. The van der Waals surface area contributed by atoms with Gasteiger partial charge >= 0.3 is 0 Å². The van der Waals surface area contributed by atoms with Crippen molar-refractivity contribution in [2.75, 3.05) is 0 Å². The van der Waals surface area contributed by atoms with Crippen LogP contribution in [0.3, 0.4) is 0 Å². The number of benzene rings is 2. The summed E-state index contributed by atoms with van der Waals surface area (Å²) in [5.41, 5.74) is 4.21. The maximum Gasteiger partial charge on any atom is 0.244 e. The molecule has 0 spiro atoms. The van der Waals surface area contributed by atoms with Gasteiger partial charge in [0, 0.05) is 6.21 Å². The molecule has 1 N–H and O–H groups in total. The summed E-state index contributed by atoms with van der Waals surface area (Å²) in [6.07, 6.45) is 5.30. The predicted octanol–water partition coefficient (Wildman–Crippen LogP) is 3.18. The molecular weight excluding hydrogens is 267 g/mol. The van der Waals surface area contributed by atoms with E-state index in [4.69, 9.17) is 0 Å². The maximum atomic E-state index is 12.7. The average molecular weight is 282 g/mol. The van der Waals surface area contributed by atoms with E-state index in [0.717, 1.165) is 11.1 Å². The van der Waals surface area contributed by atoms with Crippen molar-refractivity contribution < 1.29 is 9.18 Å². The minimum atomic E-state index is -0.316. The first-order chi connectivity index (χ1) is 10.2. The first-order valence-corrected chi connectivity index (χ1v) is 6.52. The van der Waals surface area contributed by atoms with Crippen LogP contribution in [-0.2, 0) is 11.2 Å². The maximum absolute atomic E-state index is 12.7. The van der Waals surface area contributed by atoms with Crippen molar-refractivity contribution in [2.45, 2.75) is 6.42 Å². The van der Waals surface area contributed by atoms with Crippen LogP contribution in [0.5, 0.6) is 0 Å². The van der Waals surface area contributed by atoms with E-state index in [1.165, 1.54) is 18.3 Å². The lowest BCUT2D eigenvalue weighted by Gasteiger charge is -1.99. The zero-order chi connectivity index (χ0) is 14.9. The molecule has 21 heavy (non-hydrogen) atoms. The number of hydrogen-bond acceptors (Lipinski definition) is 2. The third-order valence-electron chi connectivity index (χ3n) is 2.72. The molecule has 2 aromatic carbocycles. The highest BCUT2D eigenvalue weighted by Gasteiger charge is 2.01. The van der Waals surface area contributed by atoms with Gasteiger partial charge in [-0.15, -0.1) is 0 Å². The highest BCUT2D eigenvalue weighted by Crippen LogP contribution is 2.03. The lowest BCUT2D eigenvalue weighted by Crippen LogP contribution is -2.19. The summed E-state index contributed by atoms with van der Waals surface area (Å²) < 4.78 is 12.7. The Morgan fingerprint density at radius 1 is 1.10 bits per heavy atom. The molecule has 0 unspecified atom stereocenters. The van der Waals surface area contributed by atoms with Crippen molar-refractivity contribution in [3.05, 3.63) is 77.6 Å². The summed E-state index contributed by atoms with van der Waals surface area (Å²) in [7, 11) is 0. The molecule has 2 aromatic rings. The second-order valence-corrected chi connectivity index (χ2v) is 4.39. The molecule has 1 amide bonds. The second kappa shape index (κ2) is 7.75. The van der Waals surface area contributed by atoms with Crippen LogP contribution in [0.25, 0.3) is 6.08 Å². The Morgan fingerprint density at radius 3 is 2.52 bits per heavy atom. The van der Waals surface area contributed by atoms with Gasteiger partial charge in [-0.2, -0.15) is 5.10 Å². The number of hydrogen-bond donors (Lipinski definition) is 1. The van der Waals surface area contributed by atoms with Gasteiger partial charge in [0.25, 0.3) is 0 Å². The molecule has 0 heterocycles. The molecule has 0 aliphatic rings. The first-order valence-electron chi connectivity index (χ1n) is 6.52. The summed E-state index contributed by atoms with van der Waals surface area (Å²) in [6, 6.07) is 15.6. The van der Waals surface area contributed by atoms with Crippen molar-refractivity contribution in [1.82, 2.24) is 5.43 Å². The number of amides is 1. The third kappa shape index (κ3) is 5.40. The molecule has 4 heteroatoms. The number of rotatable bonds is 5. The number of allylic oxidation sites excluding steroid dienone is 1. The first kappa shape index (κ1) is 14.7. The molecule has 0 atom stereocenters. The lowest BCUT2D eigenvalue weighted by atomic mass is 10.1. The molecule has 0 aliphatic heterocycles. The van der Waals surface area contributed by atoms with E-state index < -0.39 is 0 Å². The fourth-order valence-electron chi connectivity index (χ4n) is 1.70. The van der Waals surface area contributed by atoms with Gasteiger partial charge in [0.05, 0.1) is 6.42 Å². The van der Waals surface area contributed by atoms with Gasteiger partial charge in [0.2, 0.25) is 5.91 Å². The van der Waals surface area contributed by atoms with Gasteiger partial charge in [-0.3, -0.25) is 4.79 Å². The SMILES string of the molecule is O=C(Cc1ccc(F)cc1)N/N=C/C=C/c1ccccc1. The number of carbonyl (C=O) groups excluding carboxylic acids is 1. The van der Waals surface area contributed by atoms with Gasteiger partial charge in [-0.1, -0.05) is 48.5 Å². The molecule has 0 bridgehead atoms. The molecular formula is C17H15FN2O. The van der Waals surface area contributed by atoms with Crippen LogP contribution in [0.4, 0.5) is 4.39 Å². The van der Waals surface area contributed by atoms with Gasteiger partial charge < -0.3 is 0 Å². The fourth-order valence-corrected chi connectivity index (χ4v) is 1.70. The minimum Gasteiger partial charge on any atom is -0.273 e. The van der Waals surface area contributed by atoms with Crippen LogP contribution in [-0.4, -0.2) is 12.1 Å². The molecule has 0 radical (unpaired) electrons. The van der Waals surface area contributed by atoms with Crippen LogP contribution >= 0.6 is 0 Å². The van der Waals surface area contributed by atoms with Crippen molar-refractivity contribution in [2.24, 2.45) is 5.10 Å². The van der Waals surface area contributed by atoms with E-state index in [9.17, 15) is 9.18 Å². The van der Waals surface area contributed by atoms with E-state index in [0.29, 0.717) is 0 Å². The summed E-state index contributed by atoms with van der Waals surface area (Å²) in [4.78, 5) is 11.6. The van der Waals surface area contributed by atoms with Gasteiger partial charge in [-0.05, 0) is 29.3 Å². The predicted molar refractivity (Wildman–Crippen MR) is 82.2 cm³/mol. The number of nitrogens with one attached hydrogen (secondary N) is 1. The van der Waals surface area contributed by atoms with Crippen LogP contribution in [0, 0.1) is 5.82 Å². The molecule has 3 nitrogen and oxygen atoms in total. The van der Waals surface area contributed by atoms with Gasteiger partial charge in [0.15, 0.2) is 0 Å². The minimum absolute atomic E-state index is 0.167. The van der Waals surface area contributed by atoms with Crippen LogP contribution in [0.1, 0.15) is 11.1 Å². The van der Waals surface area contributed by atoms with Crippen LogP contribution in [0.15, 0.2) is 65.8 Å². The normalized spacial score (nSPS) is 11.1. The number of hydrazone groups is 1. The highest BCUT2D eigenvalue weighted by atomic mass is 19.1. The number of nitrogens with zero attached hydrogens (tertiary/aromatic N) is 1. The highest BCUT2D eigenvalue weighted by molar-refractivity contribution is 5.82. The van der Waals surface area contributed by atoms with E-state index in [-0.39, 0.29) is 18.1 Å². The van der Waals surface area contributed by atoms with Crippen molar-refractivity contribution >= 4 is 18.2 Å². The zero-order valence-electron chi connectivity index (χ0n) is 11.4. The van der Waals surface area contributed by atoms with Crippen molar-refractivity contribution in [1.29, 1.82) is 0 Å². The standard InChI is InChI=1S/C17H15FN2O/c18-16-10-8-15(9-11-16)13-17(21)20-19-12-4-7-14-5-2-1-3-6-14/h1-12H,13H2,(H,20,21)/b7-4+,19-12+. The Morgan fingerprint density at radius 2 is 1.81 bits per heavy atom. The average Bonchev–Trinajstić information content (AvgIpc) is 2.50. The van der Waals surface area contributed by atoms with Crippen molar-refractivity contribution in [3.8, 4) is 0 Å². The summed E-state index contributed by atoms with van der Waals surface area (Å²) in [5, 5.41) is 3.81. The Bertz CT molecular complexity index is 634. The topological polar surface area (TPSA) is 41.5 Å². The van der Waals surface area contributed by atoms with E-state index in [1.54, 1.807) is 18.2 Å². The molecule has 0 aliphatic carbocycles. The van der Waals surface area contributed by atoms with Crippen molar-refractivity contribution in [3.63, 3.8) is 0 Å². The summed E-state index contributed by atoms with van der Waals surface area (Å²) >= 11 is 0. The van der Waals surface area contributed by atoms with E-state index in [2.05, 4.69) is 10.5 Å². The zero-order valence-corrected chi connectivity index (χ0v) is 11.4. The monoisotopic (exact) mass is 282 g/mol. The number of halogens is 1. The van der Waals surface area contributed by atoms with Gasteiger partial charge in [-0.25, -0.2) is 9.82 Å². The molecule has 106 valence electrons. The van der Waals surface area contributed by atoms with Crippen LogP contribution in [0.2, 0.25) is 0 Å². The Kier molecular flexibility index (Phi) is 5.41. The largest absolute Gasteiger partial charge is 0.273 e. The summed E-state index contributed by atoms with van der Waals surface area (Å²) in [6.45, 7) is 0. The molecule has 2 rings (SSSR count). The molecule has 0 fully saturated rings. The molecule has 0 saturated heterocycles. The number of carbonyl (C=O) groups is 1. The van der Waals surface area contributed by atoms with Crippen LogP contribution < -0.4 is 5.43 Å². The Balaban J connectivity index is 1.77.